The summed E-state index contributed by atoms with van der Waals surface area (Å²) in [6, 6.07) is 0. The van der Waals surface area contributed by atoms with Crippen LogP contribution in [-0.2, 0) is 0 Å². The fourth-order valence-electron chi connectivity index (χ4n) is 0.497. The molecule has 44 valence electrons. The van der Waals surface area contributed by atoms with Gasteiger partial charge in [-0.25, -0.2) is 0 Å². The molecule has 0 unspecified atom stereocenters. The van der Waals surface area contributed by atoms with Crippen molar-refractivity contribution in [1.82, 2.24) is 0 Å². The Balaban J connectivity index is 2.42. The lowest BCUT2D eigenvalue weighted by atomic mass is 10.4. The Hall–Kier alpha value is 0.180. The van der Waals surface area contributed by atoms with Crippen LogP contribution in [-0.4, -0.2) is 11.0 Å². The van der Waals surface area contributed by atoms with E-state index in [1.54, 1.807) is 0 Å². The molecular weight excluding hydrogens is 136 g/mol. The zero-order valence-corrected chi connectivity index (χ0v) is 6.17. The van der Waals surface area contributed by atoms with Gasteiger partial charge >= 0.3 is 0 Å². The number of hydrogen-bond acceptors (Lipinski definition) is 2. The molecule has 0 amide bonds. The summed E-state index contributed by atoms with van der Waals surface area (Å²) < 4.78 is 0. The topological polar surface area (TPSA) is 0 Å². The van der Waals surface area contributed by atoms with Gasteiger partial charge in [0, 0.05) is 5.75 Å². The lowest BCUT2D eigenvalue weighted by Gasteiger charge is -2.08. The first kappa shape index (κ1) is 6.30. The summed E-state index contributed by atoms with van der Waals surface area (Å²) in [4.78, 5) is 0. The van der Waals surface area contributed by atoms with Gasteiger partial charge in [0.25, 0.3) is 0 Å². The molecule has 0 fully saturated rings. The SMILES string of the molecule is C=C[C@H]1C=CCSS1. The Bertz CT molecular complexity index is 107. The molecule has 0 aromatic carbocycles. The molecule has 1 heterocycles. The Morgan fingerprint density at radius 3 is 3.00 bits per heavy atom. The van der Waals surface area contributed by atoms with Crippen LogP contribution < -0.4 is 0 Å². The van der Waals surface area contributed by atoms with Gasteiger partial charge in [0.05, 0.1) is 5.25 Å². The molecule has 0 radical (unpaired) electrons. The summed E-state index contributed by atoms with van der Waals surface area (Å²) in [5.41, 5.74) is 0. The van der Waals surface area contributed by atoms with Crippen LogP contribution in [0.4, 0.5) is 0 Å². The molecule has 0 N–H and O–H groups in total. The molecule has 0 spiro atoms. The zero-order chi connectivity index (χ0) is 5.82. The highest BCUT2D eigenvalue weighted by atomic mass is 33.1. The lowest BCUT2D eigenvalue weighted by Crippen LogP contribution is -1.93. The molecule has 8 heavy (non-hydrogen) atoms. The minimum Gasteiger partial charge on any atom is -0.102 e. The molecule has 0 saturated heterocycles. The molecule has 1 atom stereocenters. The van der Waals surface area contributed by atoms with Gasteiger partial charge in [0.15, 0.2) is 0 Å². The summed E-state index contributed by atoms with van der Waals surface area (Å²) in [6.07, 6.45) is 6.34. The monoisotopic (exact) mass is 144 g/mol. The van der Waals surface area contributed by atoms with Crippen LogP contribution in [0.1, 0.15) is 0 Å². The second-order valence-electron chi connectivity index (χ2n) is 1.51. The summed E-state index contributed by atoms with van der Waals surface area (Å²) >= 11 is 0. The number of rotatable bonds is 1. The average molecular weight is 144 g/mol. The van der Waals surface area contributed by atoms with E-state index in [0.717, 1.165) is 5.75 Å². The summed E-state index contributed by atoms with van der Waals surface area (Å²) in [5, 5.41) is 0.550. The first-order chi connectivity index (χ1) is 3.93. The molecule has 0 aromatic rings. The maximum absolute atomic E-state index is 3.70. The highest BCUT2D eigenvalue weighted by molar-refractivity contribution is 8.77. The van der Waals surface area contributed by atoms with E-state index in [0.29, 0.717) is 5.25 Å². The summed E-state index contributed by atoms with van der Waals surface area (Å²) in [7, 11) is 3.76. The van der Waals surface area contributed by atoms with Gasteiger partial charge in [-0.05, 0) is 0 Å². The van der Waals surface area contributed by atoms with Gasteiger partial charge in [-0.3, -0.25) is 0 Å². The van der Waals surface area contributed by atoms with Gasteiger partial charge in [0.1, 0.15) is 0 Å². The van der Waals surface area contributed by atoms with Crippen molar-refractivity contribution >= 4 is 21.6 Å². The highest BCUT2D eigenvalue weighted by Gasteiger charge is 2.02. The van der Waals surface area contributed by atoms with Crippen molar-refractivity contribution in [2.75, 3.05) is 5.75 Å². The van der Waals surface area contributed by atoms with E-state index >= 15 is 0 Å². The normalized spacial score (nSPS) is 27.8. The van der Waals surface area contributed by atoms with Crippen LogP contribution in [0.3, 0.4) is 0 Å². The van der Waals surface area contributed by atoms with Crippen LogP contribution in [0.5, 0.6) is 0 Å². The maximum Gasteiger partial charge on any atom is 0.0509 e. The van der Waals surface area contributed by atoms with Crippen LogP contribution in [0.2, 0.25) is 0 Å². The van der Waals surface area contributed by atoms with E-state index in [4.69, 9.17) is 0 Å². The molecule has 1 aliphatic heterocycles. The molecule has 1 rings (SSSR count). The van der Waals surface area contributed by atoms with E-state index in [1.807, 2.05) is 27.7 Å². The Morgan fingerprint density at radius 2 is 2.62 bits per heavy atom. The van der Waals surface area contributed by atoms with Gasteiger partial charge in [-0.1, -0.05) is 39.8 Å². The van der Waals surface area contributed by atoms with Crippen LogP contribution in [0, 0.1) is 0 Å². The predicted octanol–water partition coefficient (Wildman–Crippen LogP) is 2.49. The molecule has 2 heteroatoms. The van der Waals surface area contributed by atoms with Crippen LogP contribution in [0.15, 0.2) is 24.8 Å². The zero-order valence-electron chi connectivity index (χ0n) is 4.54. The van der Waals surface area contributed by atoms with Crippen molar-refractivity contribution in [2.45, 2.75) is 5.25 Å². The number of hydrogen-bond donors (Lipinski definition) is 0. The second kappa shape index (κ2) is 3.25. The van der Waals surface area contributed by atoms with Crippen molar-refractivity contribution < 1.29 is 0 Å². The molecular formula is C6H8S2. The van der Waals surface area contributed by atoms with Crippen molar-refractivity contribution in [1.29, 1.82) is 0 Å². The highest BCUT2D eigenvalue weighted by Crippen LogP contribution is 2.31. The summed E-state index contributed by atoms with van der Waals surface area (Å²) in [6.45, 7) is 3.70. The molecule has 1 aliphatic rings. The van der Waals surface area contributed by atoms with Crippen molar-refractivity contribution in [3.05, 3.63) is 24.8 Å². The third-order valence-electron chi connectivity index (χ3n) is 0.901. The molecule has 0 nitrogen and oxygen atoms in total. The van der Waals surface area contributed by atoms with Crippen molar-refractivity contribution in [2.24, 2.45) is 0 Å². The molecule has 0 aromatic heterocycles. The van der Waals surface area contributed by atoms with E-state index < -0.39 is 0 Å². The maximum atomic E-state index is 3.70. The van der Waals surface area contributed by atoms with E-state index in [1.165, 1.54) is 0 Å². The minimum absolute atomic E-state index is 0.550. The molecule has 0 aliphatic carbocycles. The predicted molar refractivity (Wildman–Crippen MR) is 43.2 cm³/mol. The lowest BCUT2D eigenvalue weighted by molar-refractivity contribution is 1.42. The van der Waals surface area contributed by atoms with Gasteiger partial charge in [0.2, 0.25) is 0 Å². The molecule has 0 saturated carbocycles. The second-order valence-corrected chi connectivity index (χ2v) is 4.10. The Kier molecular flexibility index (Phi) is 2.56. The Morgan fingerprint density at radius 1 is 1.75 bits per heavy atom. The van der Waals surface area contributed by atoms with Crippen LogP contribution >= 0.6 is 21.6 Å². The standard InChI is InChI=1S/C6H8S2/c1-2-6-4-3-5-7-8-6/h2-4,6H,1,5H2/t6-/m0/s1. The van der Waals surface area contributed by atoms with Crippen molar-refractivity contribution in [3.63, 3.8) is 0 Å². The fraction of sp³-hybridized carbons (Fsp3) is 0.333. The van der Waals surface area contributed by atoms with E-state index in [-0.39, 0.29) is 0 Å². The first-order valence-corrected chi connectivity index (χ1v) is 4.89. The first-order valence-electron chi connectivity index (χ1n) is 2.51. The van der Waals surface area contributed by atoms with Crippen LogP contribution in [0.25, 0.3) is 0 Å². The largest absolute Gasteiger partial charge is 0.102 e. The van der Waals surface area contributed by atoms with Gasteiger partial charge in [-0.2, -0.15) is 0 Å². The van der Waals surface area contributed by atoms with Gasteiger partial charge in [-0.15, -0.1) is 6.58 Å². The minimum atomic E-state index is 0.550. The third-order valence-corrected chi connectivity index (χ3v) is 3.42. The quantitative estimate of drug-likeness (QED) is 0.409. The fourth-order valence-corrected chi connectivity index (χ4v) is 2.55. The third kappa shape index (κ3) is 1.60. The summed E-state index contributed by atoms with van der Waals surface area (Å²) in [5.74, 6) is 1.15. The van der Waals surface area contributed by atoms with Crippen molar-refractivity contribution in [3.8, 4) is 0 Å². The average Bonchev–Trinajstić information content (AvgIpc) is 1.90. The smallest absolute Gasteiger partial charge is 0.0509 e. The molecule has 0 bridgehead atoms. The van der Waals surface area contributed by atoms with Gasteiger partial charge < -0.3 is 0 Å². The van der Waals surface area contributed by atoms with E-state index in [2.05, 4.69) is 18.7 Å². The Labute approximate surface area is 57.8 Å². The van der Waals surface area contributed by atoms with E-state index in [9.17, 15) is 0 Å².